The predicted molar refractivity (Wildman–Crippen MR) is 29.8 cm³/mol. The summed E-state index contributed by atoms with van der Waals surface area (Å²) in [4.78, 5) is 9.60. The Bertz CT molecular complexity index is 56.2. The van der Waals surface area contributed by atoms with Gasteiger partial charge in [0.25, 0.3) is 0 Å². The van der Waals surface area contributed by atoms with Gasteiger partial charge in [-0.2, -0.15) is 0 Å². The first-order chi connectivity index (χ1) is 3.77. The van der Waals surface area contributed by atoms with Crippen LogP contribution in [0.25, 0.3) is 0 Å². The van der Waals surface area contributed by atoms with Crippen LogP contribution in [0.1, 0.15) is 19.8 Å². The van der Waals surface area contributed by atoms with Crippen LogP contribution in [0.3, 0.4) is 0 Å². The van der Waals surface area contributed by atoms with E-state index < -0.39 is 5.97 Å². The smallest absolute Gasteiger partial charge is 0.303 e. The van der Waals surface area contributed by atoms with E-state index in [1.807, 2.05) is 6.92 Å². The Balaban J connectivity index is -0.000000109. The van der Waals surface area contributed by atoms with Crippen molar-refractivity contribution in [2.24, 2.45) is 0 Å². The molecule has 9 heavy (non-hydrogen) atoms. The molecule has 54 valence electrons. The van der Waals surface area contributed by atoms with Crippen molar-refractivity contribution in [1.29, 1.82) is 0 Å². The molecule has 0 atom stereocenters. The number of carboxylic acids is 1. The molecule has 0 aliphatic rings. The molecule has 0 bridgehead atoms. The number of hydrogen-bond donors (Lipinski definition) is 2. The molecule has 3 nitrogen and oxygen atoms in total. The average molecular weight is 167 g/mol. The molecule has 0 radical (unpaired) electrons. The Labute approximate surface area is 70.0 Å². The van der Waals surface area contributed by atoms with Gasteiger partial charge in [-0.3, -0.25) is 4.79 Å². The SMILES string of the molecule is CCCC(=O)O.[CH2-]O.[Ti]. The van der Waals surface area contributed by atoms with Gasteiger partial charge in [-0.1, -0.05) is 6.92 Å². The Morgan fingerprint density at radius 1 is 1.56 bits per heavy atom. The van der Waals surface area contributed by atoms with Gasteiger partial charge >= 0.3 is 5.97 Å². The fourth-order valence-electron chi connectivity index (χ4n) is 0.214. The van der Waals surface area contributed by atoms with Crippen LogP contribution in [0.4, 0.5) is 0 Å². The summed E-state index contributed by atoms with van der Waals surface area (Å²) in [5.74, 6) is -0.711. The first kappa shape index (κ1) is 16.1. The maximum absolute atomic E-state index is 9.60. The summed E-state index contributed by atoms with van der Waals surface area (Å²) in [6, 6.07) is 0. The van der Waals surface area contributed by atoms with Crippen LogP contribution < -0.4 is 0 Å². The van der Waals surface area contributed by atoms with E-state index in [9.17, 15) is 4.79 Å². The van der Waals surface area contributed by atoms with Gasteiger partial charge in [0, 0.05) is 28.1 Å². The topological polar surface area (TPSA) is 57.5 Å². The second kappa shape index (κ2) is 15.7. The summed E-state index contributed by atoms with van der Waals surface area (Å²) in [6.07, 6.45) is 1.02. The zero-order valence-corrected chi connectivity index (χ0v) is 6.99. The van der Waals surface area contributed by atoms with E-state index in [0.29, 0.717) is 6.42 Å². The molecule has 2 N–H and O–H groups in total. The number of hydrogen-bond acceptors (Lipinski definition) is 2. The van der Waals surface area contributed by atoms with Crippen LogP contribution >= 0.6 is 0 Å². The summed E-state index contributed by atoms with van der Waals surface area (Å²) in [6.45, 7) is 1.84. The van der Waals surface area contributed by atoms with Crippen LogP contribution in [0.5, 0.6) is 0 Å². The molecule has 0 aromatic carbocycles. The van der Waals surface area contributed by atoms with Crippen LogP contribution in [-0.2, 0) is 26.5 Å². The number of carbonyl (C=O) groups is 1. The van der Waals surface area contributed by atoms with Crippen LogP contribution in [0, 0.1) is 7.11 Å². The quantitative estimate of drug-likeness (QED) is 0.476. The van der Waals surface area contributed by atoms with Crippen molar-refractivity contribution in [2.75, 3.05) is 0 Å². The van der Waals surface area contributed by atoms with E-state index in [1.54, 1.807) is 0 Å². The van der Waals surface area contributed by atoms with E-state index in [4.69, 9.17) is 10.2 Å². The third-order valence-electron chi connectivity index (χ3n) is 0.464. The van der Waals surface area contributed by atoms with Crippen molar-refractivity contribution in [3.63, 3.8) is 0 Å². The molecule has 0 aliphatic carbocycles. The predicted octanol–water partition coefficient (Wildman–Crippen LogP) is 1.02. The minimum absolute atomic E-state index is 0. The molecule has 0 rings (SSSR count). The summed E-state index contributed by atoms with van der Waals surface area (Å²) < 4.78 is 0. The molecule has 0 amide bonds. The maximum atomic E-state index is 9.60. The Morgan fingerprint density at radius 2 is 1.89 bits per heavy atom. The van der Waals surface area contributed by atoms with Gasteiger partial charge in [-0.25, -0.2) is 7.11 Å². The first-order valence-corrected chi connectivity index (χ1v) is 2.30. The Kier molecular flexibility index (Phi) is 28.0. The monoisotopic (exact) mass is 167 g/mol. The van der Waals surface area contributed by atoms with Gasteiger partial charge in [-0.05, 0) is 6.42 Å². The minimum atomic E-state index is -0.711. The van der Waals surface area contributed by atoms with Crippen molar-refractivity contribution < 1.29 is 36.7 Å². The van der Waals surface area contributed by atoms with E-state index in [-0.39, 0.29) is 21.7 Å². The number of aliphatic carboxylic acids is 1. The largest absolute Gasteiger partial charge is 0.569 e. The molecular formula is C5H11O3Ti-. The van der Waals surface area contributed by atoms with E-state index >= 15 is 0 Å². The van der Waals surface area contributed by atoms with Crippen molar-refractivity contribution in [3.05, 3.63) is 7.11 Å². The van der Waals surface area contributed by atoms with Gasteiger partial charge in [0.2, 0.25) is 0 Å². The van der Waals surface area contributed by atoms with E-state index in [1.165, 1.54) is 0 Å². The zero-order valence-electron chi connectivity index (χ0n) is 5.42. The van der Waals surface area contributed by atoms with Gasteiger partial charge in [0.1, 0.15) is 0 Å². The van der Waals surface area contributed by atoms with Crippen LogP contribution in [-0.4, -0.2) is 16.2 Å². The fraction of sp³-hybridized carbons (Fsp3) is 0.600. The van der Waals surface area contributed by atoms with E-state index in [0.717, 1.165) is 6.42 Å². The van der Waals surface area contributed by atoms with Crippen LogP contribution in [0.2, 0.25) is 0 Å². The molecule has 0 spiro atoms. The van der Waals surface area contributed by atoms with Crippen LogP contribution in [0.15, 0.2) is 0 Å². The molecule has 0 heterocycles. The number of aliphatic hydroxyl groups excluding tert-OH is 1. The summed E-state index contributed by atoms with van der Waals surface area (Å²) in [5.41, 5.74) is 0. The summed E-state index contributed by atoms with van der Waals surface area (Å²) in [5, 5.41) is 14.7. The Morgan fingerprint density at radius 3 is 1.89 bits per heavy atom. The third-order valence-corrected chi connectivity index (χ3v) is 0.464. The number of aliphatic hydroxyl groups is 1. The molecule has 0 aromatic heterocycles. The maximum Gasteiger partial charge on any atom is 0.303 e. The normalized spacial score (nSPS) is 6.11. The van der Waals surface area contributed by atoms with Gasteiger partial charge in [-0.15, -0.1) is 0 Å². The van der Waals surface area contributed by atoms with Gasteiger partial charge < -0.3 is 10.2 Å². The second-order valence-electron chi connectivity index (χ2n) is 1.14. The Hall–Kier alpha value is 0.144. The summed E-state index contributed by atoms with van der Waals surface area (Å²) in [7, 11) is 2.25. The average Bonchev–Trinajstić information content (AvgIpc) is 1.72. The minimum Gasteiger partial charge on any atom is -0.569 e. The molecule has 0 aromatic rings. The molecule has 0 unspecified atom stereocenters. The summed E-state index contributed by atoms with van der Waals surface area (Å²) >= 11 is 0. The molecule has 0 saturated carbocycles. The molecule has 0 aliphatic heterocycles. The number of rotatable bonds is 2. The molecule has 4 heteroatoms. The van der Waals surface area contributed by atoms with Gasteiger partial charge in [0.15, 0.2) is 0 Å². The molecule has 0 saturated heterocycles. The standard InChI is InChI=1S/C4H8O2.CH3O.Ti/c1-2-3-4(5)6;1-2;/h2-3H2,1H3,(H,5,6);2H,1H2;/q;-1;. The fourth-order valence-corrected chi connectivity index (χ4v) is 0.214. The molecule has 0 fully saturated rings. The molecular weight excluding hydrogens is 156 g/mol. The van der Waals surface area contributed by atoms with Crippen molar-refractivity contribution >= 4 is 5.97 Å². The second-order valence-corrected chi connectivity index (χ2v) is 1.14. The first-order valence-electron chi connectivity index (χ1n) is 2.30. The van der Waals surface area contributed by atoms with E-state index in [2.05, 4.69) is 7.11 Å². The van der Waals surface area contributed by atoms with Crippen molar-refractivity contribution in [1.82, 2.24) is 0 Å². The number of carboxylic acid groups (broad SMARTS) is 1. The zero-order chi connectivity index (χ0) is 6.99. The van der Waals surface area contributed by atoms with Gasteiger partial charge in [0.05, 0.1) is 0 Å². The van der Waals surface area contributed by atoms with Crippen molar-refractivity contribution in [3.8, 4) is 0 Å². The third kappa shape index (κ3) is 31.1. The van der Waals surface area contributed by atoms with Crippen molar-refractivity contribution in [2.45, 2.75) is 19.8 Å².